The van der Waals surface area contributed by atoms with Crippen molar-refractivity contribution >= 4 is 44.5 Å². The summed E-state index contributed by atoms with van der Waals surface area (Å²) in [6.45, 7) is 34.0. The Bertz CT molecular complexity index is 3850. The Hall–Kier alpha value is -8.07. The molecule has 14 heteroatoms. The fourth-order valence-electron chi connectivity index (χ4n) is 9.84. The zero-order valence-corrected chi connectivity index (χ0v) is 51.0. The lowest BCUT2D eigenvalue weighted by Crippen LogP contribution is -2.23. The van der Waals surface area contributed by atoms with Gasteiger partial charge < -0.3 is 20.6 Å². The van der Waals surface area contributed by atoms with Gasteiger partial charge in [0.15, 0.2) is 0 Å². The normalized spacial score (nSPS) is 13.1. The highest BCUT2D eigenvalue weighted by Gasteiger charge is 2.28. The Kier molecular flexibility index (Phi) is 24.0. The number of H-pyrrole nitrogens is 4. The van der Waals surface area contributed by atoms with Gasteiger partial charge in [-0.1, -0.05) is 166 Å². The number of fused-ring (bicyclic) bond motifs is 6. The molecule has 6 heterocycles. The van der Waals surface area contributed by atoms with Crippen molar-refractivity contribution in [2.24, 2.45) is 0 Å². The molecule has 3 aromatic heterocycles. The summed E-state index contributed by atoms with van der Waals surface area (Å²) in [5.74, 6) is 2.68. The standard InChI is InChI=1S/C12H14N2O.C12H13NO2.2C12H17N.C11H12N2O.C10H12N2O.2CH4/c1-7(2)9-4-5-11-10(6-9)12(15)14-8(3)13-11;1-12(2,3)7-4-5-8-9(6-7)11(15)13-10(8)14;1-9(2)10-3-4-12-8-13-6-5-11(12)7-10;1-9(2)11-4-3-10-5-6-13-8-12(10)7-11;1-7(2)8-3-4-10-9(5-8)11(14)13-6-12-10;1-6(2)7-3-4-9-8(5-7)10(13)12-11-9;;/h4-7H,1-3H3,(H,13,14,15);4-6H,1-3H3,(H,13,14,15);2*3-4,7,9,13H,5-6,8H2,1-2H3;3-7H,1-2H3,(H,12,13,14);3-6H,1-2H3,(H2,11,12,13);2*1H4. The van der Waals surface area contributed by atoms with Crippen LogP contribution in [0.25, 0.3) is 32.7 Å². The van der Waals surface area contributed by atoms with Crippen molar-refractivity contribution in [3.8, 4) is 0 Å². The van der Waals surface area contributed by atoms with Gasteiger partial charge in [-0.05, 0) is 172 Å². The van der Waals surface area contributed by atoms with Crippen molar-refractivity contribution in [3.05, 3.63) is 219 Å². The molecule has 9 aromatic rings. The number of imide groups is 1. The molecule has 12 rings (SSSR count). The second kappa shape index (κ2) is 30.1. The van der Waals surface area contributed by atoms with Gasteiger partial charge in [0.2, 0.25) is 0 Å². The van der Waals surface area contributed by atoms with E-state index in [1.165, 1.54) is 58.1 Å². The van der Waals surface area contributed by atoms with Crippen molar-refractivity contribution in [2.45, 2.75) is 173 Å². The van der Waals surface area contributed by atoms with Gasteiger partial charge in [-0.2, -0.15) is 0 Å². The molecular formula is C71H93N9O5. The van der Waals surface area contributed by atoms with Gasteiger partial charge in [-0.15, -0.1) is 0 Å². The van der Waals surface area contributed by atoms with Crippen LogP contribution >= 0.6 is 0 Å². The van der Waals surface area contributed by atoms with Crippen LogP contribution in [0.1, 0.15) is 217 Å². The summed E-state index contributed by atoms with van der Waals surface area (Å²) in [6.07, 6.45) is 3.81. The molecular weight excluding hydrogens is 1060 g/mol. The minimum Gasteiger partial charge on any atom is -0.313 e. The van der Waals surface area contributed by atoms with E-state index in [2.05, 4.69) is 172 Å². The maximum absolute atomic E-state index is 11.7. The molecule has 0 fully saturated rings. The third-order valence-corrected chi connectivity index (χ3v) is 15.3. The Balaban J connectivity index is 0.000000186. The number of carbonyl (C=O) groups excluding carboxylic acids is 2. The second-order valence-corrected chi connectivity index (χ2v) is 24.3. The SMILES string of the molecule is C.C.CC(C)(C)c1ccc2c(c1)C(=O)NC2=O.CC(C)c1ccc2[nH][nH]c(=O)c2c1.CC(C)c1ccc2c(c1)CCNC2.CC(C)c1ccc2c(c1)CNCC2.CC(C)c1ccc2nc[nH]c(=O)c2c1.Cc1nc2ccc(C(C)C)cc2c(=O)[nH]1. The average Bonchev–Trinajstić information content (AvgIpc) is 3.40. The number of aromatic amines is 4. The molecule has 0 radical (unpaired) electrons. The van der Waals surface area contributed by atoms with Gasteiger partial charge in [0.05, 0.1) is 50.2 Å². The summed E-state index contributed by atoms with van der Waals surface area (Å²) < 4.78 is 0. The van der Waals surface area contributed by atoms with Crippen LogP contribution in [-0.4, -0.2) is 55.0 Å². The van der Waals surface area contributed by atoms with E-state index in [4.69, 9.17) is 0 Å². The molecule has 452 valence electrons. The minimum absolute atomic E-state index is 0. The Morgan fingerprint density at radius 2 is 0.941 bits per heavy atom. The molecule has 0 saturated heterocycles. The number of hydrogen-bond acceptors (Lipinski definition) is 9. The quantitative estimate of drug-likeness (QED) is 0.0816. The van der Waals surface area contributed by atoms with Crippen LogP contribution in [0, 0.1) is 6.92 Å². The summed E-state index contributed by atoms with van der Waals surface area (Å²) in [4.78, 5) is 70.8. The van der Waals surface area contributed by atoms with E-state index < -0.39 is 0 Å². The van der Waals surface area contributed by atoms with Crippen molar-refractivity contribution in [2.75, 3.05) is 13.1 Å². The monoisotopic (exact) mass is 1150 g/mol. The number of rotatable bonds is 5. The predicted octanol–water partition coefficient (Wildman–Crippen LogP) is 14.4. The molecule has 0 atom stereocenters. The molecule has 0 saturated carbocycles. The fourth-order valence-corrected chi connectivity index (χ4v) is 9.84. The number of hydrogen-bond donors (Lipinski definition) is 7. The van der Waals surface area contributed by atoms with Crippen molar-refractivity contribution in [3.63, 3.8) is 0 Å². The highest BCUT2D eigenvalue weighted by Crippen LogP contribution is 2.27. The number of nitrogens with zero attached hydrogens (tertiary/aromatic N) is 2. The lowest BCUT2D eigenvalue weighted by Gasteiger charge is -2.19. The minimum atomic E-state index is -0.296. The molecule has 0 spiro atoms. The van der Waals surface area contributed by atoms with Crippen LogP contribution in [-0.2, 0) is 31.3 Å². The number of carbonyl (C=O) groups is 2. The lowest BCUT2D eigenvalue weighted by molar-refractivity contribution is 0.0879. The Morgan fingerprint density at radius 3 is 1.53 bits per heavy atom. The first kappa shape index (κ1) is 67.7. The zero-order valence-electron chi connectivity index (χ0n) is 51.0. The summed E-state index contributed by atoms with van der Waals surface area (Å²) in [5, 5.41) is 16.5. The zero-order chi connectivity index (χ0) is 60.3. The van der Waals surface area contributed by atoms with Gasteiger partial charge in [-0.25, -0.2) is 9.97 Å². The third-order valence-electron chi connectivity index (χ3n) is 15.3. The molecule has 3 aliphatic heterocycles. The topological polar surface area (TPSA) is 210 Å². The average molecular weight is 1150 g/mol. The Labute approximate surface area is 502 Å². The van der Waals surface area contributed by atoms with Crippen molar-refractivity contribution in [1.29, 1.82) is 0 Å². The van der Waals surface area contributed by atoms with Crippen molar-refractivity contribution in [1.82, 2.24) is 46.1 Å². The van der Waals surface area contributed by atoms with E-state index in [0.29, 0.717) is 57.3 Å². The van der Waals surface area contributed by atoms with Crippen LogP contribution < -0.4 is 32.6 Å². The maximum atomic E-state index is 11.7. The van der Waals surface area contributed by atoms with E-state index in [1.807, 2.05) is 60.7 Å². The van der Waals surface area contributed by atoms with Crippen LogP contribution in [0.3, 0.4) is 0 Å². The summed E-state index contributed by atoms with van der Waals surface area (Å²) in [6, 6.07) is 36.8. The summed E-state index contributed by atoms with van der Waals surface area (Å²) >= 11 is 0. The molecule has 0 bridgehead atoms. The van der Waals surface area contributed by atoms with Crippen LogP contribution in [0.15, 0.2) is 130 Å². The van der Waals surface area contributed by atoms with E-state index >= 15 is 0 Å². The Morgan fingerprint density at radius 1 is 0.459 bits per heavy atom. The first-order chi connectivity index (χ1) is 39.4. The van der Waals surface area contributed by atoms with Gasteiger partial charge in [-0.3, -0.25) is 39.5 Å². The molecule has 3 aliphatic rings. The number of nitrogens with one attached hydrogen (secondary N) is 7. The smallest absolute Gasteiger partial charge is 0.271 e. The fraction of sp³-hybridized carbons (Fsp3) is 0.394. The molecule has 85 heavy (non-hydrogen) atoms. The molecule has 14 nitrogen and oxygen atoms in total. The lowest BCUT2D eigenvalue weighted by atomic mass is 9.85. The van der Waals surface area contributed by atoms with Crippen LogP contribution in [0.2, 0.25) is 0 Å². The summed E-state index contributed by atoms with van der Waals surface area (Å²) in [7, 11) is 0. The maximum Gasteiger partial charge on any atom is 0.271 e. The van der Waals surface area contributed by atoms with Gasteiger partial charge in [0.1, 0.15) is 5.82 Å². The van der Waals surface area contributed by atoms with E-state index in [1.54, 1.807) is 24.6 Å². The van der Waals surface area contributed by atoms with E-state index in [-0.39, 0.29) is 48.8 Å². The number of aryl methyl sites for hydroxylation is 1. The van der Waals surface area contributed by atoms with E-state index in [0.717, 1.165) is 59.2 Å². The summed E-state index contributed by atoms with van der Waals surface area (Å²) in [5.41, 5.74) is 16.7. The molecule has 6 aromatic carbocycles. The van der Waals surface area contributed by atoms with Gasteiger partial charge in [0, 0.05) is 13.1 Å². The molecule has 0 aliphatic carbocycles. The van der Waals surface area contributed by atoms with E-state index in [9.17, 15) is 24.0 Å². The van der Waals surface area contributed by atoms with Gasteiger partial charge in [0.25, 0.3) is 28.5 Å². The number of benzene rings is 6. The second-order valence-electron chi connectivity index (χ2n) is 24.3. The first-order valence-electron chi connectivity index (χ1n) is 29.2. The molecule has 2 amide bonds. The number of aromatic nitrogens is 6. The molecule has 7 N–H and O–H groups in total. The van der Waals surface area contributed by atoms with Crippen LogP contribution in [0.5, 0.6) is 0 Å². The largest absolute Gasteiger partial charge is 0.313 e. The highest BCUT2D eigenvalue weighted by atomic mass is 16.2. The van der Waals surface area contributed by atoms with Crippen molar-refractivity contribution < 1.29 is 9.59 Å². The van der Waals surface area contributed by atoms with Crippen LogP contribution in [0.4, 0.5) is 0 Å². The first-order valence-corrected chi connectivity index (χ1v) is 29.2. The third kappa shape index (κ3) is 17.7. The van der Waals surface area contributed by atoms with Gasteiger partial charge >= 0.3 is 0 Å². The predicted molar refractivity (Wildman–Crippen MR) is 353 cm³/mol. The molecule has 0 unspecified atom stereocenters. The number of amides is 2. The highest BCUT2D eigenvalue weighted by molar-refractivity contribution is 6.21.